The van der Waals surface area contributed by atoms with Crippen molar-refractivity contribution in [2.24, 2.45) is 0 Å². The van der Waals surface area contributed by atoms with Crippen LogP contribution in [-0.4, -0.2) is 26.9 Å². The van der Waals surface area contributed by atoms with Crippen molar-refractivity contribution in [2.75, 3.05) is 6.61 Å². The maximum absolute atomic E-state index is 10.6. The summed E-state index contributed by atoms with van der Waals surface area (Å²) in [6, 6.07) is 4.23. The minimum Gasteiger partial charge on any atom is -0.430 e. The molecular formula is C9H16O3Si. The summed E-state index contributed by atoms with van der Waals surface area (Å²) in [5.74, 6) is 0. The molecule has 2 aliphatic rings. The van der Waals surface area contributed by atoms with Crippen LogP contribution in [0.5, 0.6) is 0 Å². The topological polar surface area (TPSA) is 35.5 Å². The Morgan fingerprint density at radius 2 is 2.31 bits per heavy atom. The van der Waals surface area contributed by atoms with E-state index in [0.717, 1.165) is 6.42 Å². The SMILES string of the molecule is C[Si]1(CCC2COC(=O)O2)CCC1. The number of ether oxygens (including phenoxy) is 2. The Bertz CT molecular complexity index is 213. The van der Waals surface area contributed by atoms with Crippen LogP contribution in [0, 0.1) is 0 Å². The molecule has 0 radical (unpaired) electrons. The number of carbonyl (C=O) groups excluding carboxylic acids is 1. The Morgan fingerprint density at radius 3 is 2.77 bits per heavy atom. The van der Waals surface area contributed by atoms with Crippen LogP contribution in [0.3, 0.4) is 0 Å². The molecule has 0 N–H and O–H groups in total. The van der Waals surface area contributed by atoms with Gasteiger partial charge in [0.15, 0.2) is 0 Å². The summed E-state index contributed by atoms with van der Waals surface area (Å²) in [5.41, 5.74) is 0. The van der Waals surface area contributed by atoms with E-state index in [0.29, 0.717) is 6.61 Å². The van der Waals surface area contributed by atoms with E-state index in [1.165, 1.54) is 24.6 Å². The fourth-order valence-electron chi connectivity index (χ4n) is 2.05. The van der Waals surface area contributed by atoms with Crippen molar-refractivity contribution in [3.05, 3.63) is 0 Å². The van der Waals surface area contributed by atoms with Crippen molar-refractivity contribution in [3.8, 4) is 0 Å². The van der Waals surface area contributed by atoms with Gasteiger partial charge in [0.2, 0.25) is 0 Å². The third kappa shape index (κ3) is 2.04. The Morgan fingerprint density at radius 1 is 1.54 bits per heavy atom. The highest BCUT2D eigenvalue weighted by molar-refractivity contribution is 6.81. The van der Waals surface area contributed by atoms with E-state index in [4.69, 9.17) is 9.47 Å². The van der Waals surface area contributed by atoms with E-state index < -0.39 is 14.2 Å². The van der Waals surface area contributed by atoms with Crippen molar-refractivity contribution in [1.29, 1.82) is 0 Å². The first-order valence-corrected chi connectivity index (χ1v) is 8.14. The molecular weight excluding hydrogens is 184 g/mol. The fraction of sp³-hybridized carbons (Fsp3) is 0.889. The normalized spacial score (nSPS) is 30.5. The largest absolute Gasteiger partial charge is 0.508 e. The molecule has 1 unspecified atom stereocenters. The lowest BCUT2D eigenvalue weighted by molar-refractivity contribution is 0.117. The molecule has 0 bridgehead atoms. The molecule has 0 spiro atoms. The molecule has 2 saturated heterocycles. The summed E-state index contributed by atoms with van der Waals surface area (Å²) >= 11 is 0. The summed E-state index contributed by atoms with van der Waals surface area (Å²) in [5, 5.41) is 0. The Labute approximate surface area is 79.4 Å². The van der Waals surface area contributed by atoms with Crippen LogP contribution < -0.4 is 0 Å². The van der Waals surface area contributed by atoms with E-state index in [9.17, 15) is 4.79 Å². The minimum absolute atomic E-state index is 0.0532. The lowest BCUT2D eigenvalue weighted by Gasteiger charge is -2.36. The zero-order valence-corrected chi connectivity index (χ0v) is 9.04. The summed E-state index contributed by atoms with van der Waals surface area (Å²) in [4.78, 5) is 10.6. The number of hydrogen-bond donors (Lipinski definition) is 0. The highest BCUT2D eigenvalue weighted by Crippen LogP contribution is 2.37. The van der Waals surface area contributed by atoms with Crippen molar-refractivity contribution < 1.29 is 14.3 Å². The molecule has 13 heavy (non-hydrogen) atoms. The molecule has 4 heteroatoms. The summed E-state index contributed by atoms with van der Waals surface area (Å²) < 4.78 is 9.72. The number of rotatable bonds is 3. The molecule has 3 nitrogen and oxygen atoms in total. The molecule has 0 aromatic rings. The van der Waals surface area contributed by atoms with Crippen molar-refractivity contribution in [2.45, 2.75) is 43.6 Å². The number of hydrogen-bond acceptors (Lipinski definition) is 3. The zero-order chi connectivity index (χ0) is 9.31. The molecule has 0 amide bonds. The first kappa shape index (κ1) is 9.06. The third-order valence-corrected chi connectivity index (χ3v) is 7.90. The molecule has 0 saturated carbocycles. The van der Waals surface area contributed by atoms with E-state index in [1.54, 1.807) is 0 Å². The van der Waals surface area contributed by atoms with Gasteiger partial charge in [-0.05, 0) is 6.42 Å². The molecule has 2 fully saturated rings. The highest BCUT2D eigenvalue weighted by Gasteiger charge is 2.35. The fourth-order valence-corrected chi connectivity index (χ4v) is 5.13. The lowest BCUT2D eigenvalue weighted by atomic mass is 10.3. The van der Waals surface area contributed by atoms with Gasteiger partial charge in [0.05, 0.1) is 8.07 Å². The Kier molecular flexibility index (Phi) is 2.32. The third-order valence-electron chi connectivity index (χ3n) is 3.28. The Balaban J connectivity index is 1.70. The molecule has 2 heterocycles. The lowest BCUT2D eigenvalue weighted by Crippen LogP contribution is -2.38. The zero-order valence-electron chi connectivity index (χ0n) is 8.04. The Hall–Kier alpha value is -0.513. The maximum atomic E-state index is 10.6. The van der Waals surface area contributed by atoms with Gasteiger partial charge in [-0.15, -0.1) is 0 Å². The van der Waals surface area contributed by atoms with E-state index in [1.807, 2.05) is 0 Å². The standard InChI is InChI=1S/C9H16O3Si/c1-13(4-2-5-13)6-3-8-7-11-9(10)12-8/h8H,2-7H2,1H3. The van der Waals surface area contributed by atoms with Gasteiger partial charge >= 0.3 is 6.16 Å². The van der Waals surface area contributed by atoms with Gasteiger partial charge in [0, 0.05) is 0 Å². The minimum atomic E-state index is -0.833. The van der Waals surface area contributed by atoms with E-state index in [-0.39, 0.29) is 6.10 Å². The van der Waals surface area contributed by atoms with Crippen LogP contribution in [0.25, 0.3) is 0 Å². The number of cyclic esters (lactones) is 2. The van der Waals surface area contributed by atoms with Gasteiger partial charge < -0.3 is 9.47 Å². The van der Waals surface area contributed by atoms with Gasteiger partial charge in [-0.25, -0.2) is 4.79 Å². The second kappa shape index (κ2) is 3.33. The van der Waals surface area contributed by atoms with Crippen LogP contribution in [0.4, 0.5) is 4.79 Å². The van der Waals surface area contributed by atoms with Crippen LogP contribution in [0.2, 0.25) is 24.7 Å². The summed E-state index contributed by atoms with van der Waals surface area (Å²) in [6.45, 7) is 2.93. The van der Waals surface area contributed by atoms with Crippen LogP contribution in [0.15, 0.2) is 0 Å². The molecule has 0 aromatic heterocycles. The molecule has 0 aromatic carbocycles. The molecule has 2 rings (SSSR count). The quantitative estimate of drug-likeness (QED) is 0.518. The highest BCUT2D eigenvalue weighted by atomic mass is 28.3. The van der Waals surface area contributed by atoms with Gasteiger partial charge in [0.25, 0.3) is 0 Å². The van der Waals surface area contributed by atoms with Crippen LogP contribution >= 0.6 is 0 Å². The molecule has 74 valence electrons. The maximum Gasteiger partial charge on any atom is 0.508 e. The van der Waals surface area contributed by atoms with Gasteiger partial charge in [-0.3, -0.25) is 0 Å². The average molecular weight is 200 g/mol. The van der Waals surface area contributed by atoms with E-state index in [2.05, 4.69) is 6.55 Å². The molecule has 1 atom stereocenters. The van der Waals surface area contributed by atoms with Crippen LogP contribution in [-0.2, 0) is 9.47 Å². The number of carbonyl (C=O) groups is 1. The average Bonchev–Trinajstić information content (AvgIpc) is 2.44. The van der Waals surface area contributed by atoms with Gasteiger partial charge in [0.1, 0.15) is 12.7 Å². The first-order chi connectivity index (χ1) is 6.18. The van der Waals surface area contributed by atoms with Crippen LogP contribution in [0.1, 0.15) is 12.8 Å². The second-order valence-corrected chi connectivity index (χ2v) is 9.63. The van der Waals surface area contributed by atoms with Gasteiger partial charge in [-0.1, -0.05) is 31.1 Å². The van der Waals surface area contributed by atoms with Crippen molar-refractivity contribution >= 4 is 14.2 Å². The monoisotopic (exact) mass is 200 g/mol. The predicted octanol–water partition coefficient (Wildman–Crippen LogP) is 2.39. The molecule has 0 aliphatic carbocycles. The predicted molar refractivity (Wildman–Crippen MR) is 51.5 cm³/mol. The smallest absolute Gasteiger partial charge is 0.430 e. The summed E-state index contributed by atoms with van der Waals surface area (Å²) in [6.07, 6.45) is 2.01. The summed E-state index contributed by atoms with van der Waals surface area (Å²) in [7, 11) is -0.833. The van der Waals surface area contributed by atoms with Crippen molar-refractivity contribution in [1.82, 2.24) is 0 Å². The van der Waals surface area contributed by atoms with Gasteiger partial charge in [-0.2, -0.15) is 0 Å². The molecule has 2 aliphatic heterocycles. The first-order valence-electron chi connectivity index (χ1n) is 5.01. The van der Waals surface area contributed by atoms with E-state index >= 15 is 0 Å². The van der Waals surface area contributed by atoms with Crippen molar-refractivity contribution in [3.63, 3.8) is 0 Å². The second-order valence-electron chi connectivity index (χ2n) is 4.50.